The third-order valence-corrected chi connectivity index (χ3v) is 5.99. The Kier molecular flexibility index (Phi) is 7.04. The van der Waals surface area contributed by atoms with Crippen LogP contribution in [0.1, 0.15) is 24.5 Å². The van der Waals surface area contributed by atoms with E-state index in [2.05, 4.69) is 16.7 Å². The first kappa shape index (κ1) is 22.5. The Balaban J connectivity index is 1.35. The van der Waals surface area contributed by atoms with E-state index in [0.29, 0.717) is 24.1 Å². The number of allylic oxidation sites excluding steroid dienone is 1. The molecule has 33 heavy (non-hydrogen) atoms. The van der Waals surface area contributed by atoms with E-state index in [0.717, 1.165) is 34.8 Å². The summed E-state index contributed by atoms with van der Waals surface area (Å²) in [6, 6.07) is 15.2. The predicted octanol–water partition coefficient (Wildman–Crippen LogP) is 4.90. The number of thioether (sulfide) groups is 1. The molecule has 4 rings (SSSR count). The molecule has 0 atom stereocenters. The molecule has 0 spiro atoms. The maximum atomic E-state index is 12.4. The van der Waals surface area contributed by atoms with Crippen LogP contribution in [0.25, 0.3) is 6.08 Å². The van der Waals surface area contributed by atoms with Crippen LogP contribution in [0.4, 0.5) is 0 Å². The Morgan fingerprint density at radius 1 is 1.12 bits per heavy atom. The zero-order valence-corrected chi connectivity index (χ0v) is 19.1. The summed E-state index contributed by atoms with van der Waals surface area (Å²) in [6.45, 7) is 6.57. The van der Waals surface area contributed by atoms with E-state index in [1.54, 1.807) is 6.08 Å². The number of amidine groups is 2. The average Bonchev–Trinajstić information content (AvgIpc) is 3.25. The van der Waals surface area contributed by atoms with Crippen molar-refractivity contribution in [1.29, 1.82) is 5.41 Å². The number of carbonyl (C=O) groups excluding carboxylic acids is 1. The van der Waals surface area contributed by atoms with E-state index in [-0.39, 0.29) is 11.4 Å². The van der Waals surface area contributed by atoms with E-state index in [1.165, 1.54) is 16.8 Å². The molecule has 1 amide bonds. The van der Waals surface area contributed by atoms with Crippen molar-refractivity contribution < 1.29 is 14.3 Å². The van der Waals surface area contributed by atoms with Crippen molar-refractivity contribution in [1.82, 2.24) is 5.01 Å². The van der Waals surface area contributed by atoms with E-state index in [4.69, 9.17) is 14.9 Å². The smallest absolute Gasteiger partial charge is 0.283 e. The second-order valence-corrected chi connectivity index (χ2v) is 8.27. The van der Waals surface area contributed by atoms with Crippen molar-refractivity contribution in [2.75, 3.05) is 13.2 Å². The summed E-state index contributed by atoms with van der Waals surface area (Å²) < 4.78 is 11.6. The maximum absolute atomic E-state index is 12.4. The number of hydrazone groups is 1. The minimum atomic E-state index is -0.430. The quantitative estimate of drug-likeness (QED) is 0.327. The Morgan fingerprint density at radius 2 is 1.88 bits per heavy atom. The van der Waals surface area contributed by atoms with Gasteiger partial charge in [0.25, 0.3) is 5.91 Å². The highest BCUT2D eigenvalue weighted by Crippen LogP contribution is 2.29. The van der Waals surface area contributed by atoms with Gasteiger partial charge in [0.05, 0.1) is 5.57 Å². The molecule has 0 saturated carbocycles. The summed E-state index contributed by atoms with van der Waals surface area (Å²) in [7, 11) is 0. The number of rotatable bonds is 9. The first-order valence-corrected chi connectivity index (χ1v) is 11.4. The molecule has 0 unspecified atom stereocenters. The van der Waals surface area contributed by atoms with Gasteiger partial charge in [-0.2, -0.15) is 15.1 Å². The fourth-order valence-electron chi connectivity index (χ4n) is 3.28. The Labute approximate surface area is 197 Å². The number of hydrogen-bond acceptors (Lipinski definition) is 6. The van der Waals surface area contributed by atoms with Gasteiger partial charge < -0.3 is 9.47 Å². The zero-order valence-electron chi connectivity index (χ0n) is 18.3. The fourth-order valence-corrected chi connectivity index (χ4v) is 4.11. The summed E-state index contributed by atoms with van der Waals surface area (Å²) in [5, 5.41) is 15.4. The number of benzene rings is 2. The molecular formula is C25H24N4O3S. The zero-order chi connectivity index (χ0) is 23.2. The van der Waals surface area contributed by atoms with E-state index in [9.17, 15) is 4.79 Å². The molecule has 0 fully saturated rings. The minimum absolute atomic E-state index is 0.0372. The maximum Gasteiger partial charge on any atom is 0.283 e. The summed E-state index contributed by atoms with van der Waals surface area (Å²) in [4.78, 5) is 16.5. The standard InChI is InChI=1S/C25H24N4O3S/c1-3-7-18-8-5-6-9-21(18)32-15-14-31-19-12-10-17(11-13-19)16-20-23(26)29-25(27-24(20)30)33-22(4-2)28-29/h3,5-6,8-13,16,26H,1,4,7,14-15H2,2H3. The monoisotopic (exact) mass is 460 g/mol. The third kappa shape index (κ3) is 5.23. The number of fused-ring (bicyclic) bond motifs is 1. The van der Waals surface area contributed by atoms with Gasteiger partial charge in [-0.3, -0.25) is 10.2 Å². The van der Waals surface area contributed by atoms with Gasteiger partial charge >= 0.3 is 0 Å². The first-order chi connectivity index (χ1) is 16.1. The van der Waals surface area contributed by atoms with E-state index >= 15 is 0 Å². The average molecular weight is 461 g/mol. The normalized spacial score (nSPS) is 16.4. The number of hydrogen-bond donors (Lipinski definition) is 1. The van der Waals surface area contributed by atoms with Gasteiger partial charge in [-0.25, -0.2) is 0 Å². The largest absolute Gasteiger partial charge is 0.490 e. The van der Waals surface area contributed by atoms with Crippen LogP contribution in [0, 0.1) is 5.41 Å². The predicted molar refractivity (Wildman–Crippen MR) is 133 cm³/mol. The fraction of sp³-hybridized carbons (Fsp3) is 0.200. The third-order valence-electron chi connectivity index (χ3n) is 4.94. The molecule has 7 nitrogen and oxygen atoms in total. The highest BCUT2D eigenvalue weighted by Gasteiger charge is 2.34. The highest BCUT2D eigenvalue weighted by molar-refractivity contribution is 8.26. The molecule has 2 aliphatic heterocycles. The van der Waals surface area contributed by atoms with Gasteiger partial charge in [0.15, 0.2) is 5.84 Å². The number of para-hydroxylation sites is 1. The van der Waals surface area contributed by atoms with Crippen molar-refractivity contribution >= 4 is 39.8 Å². The second kappa shape index (κ2) is 10.3. The summed E-state index contributed by atoms with van der Waals surface area (Å²) in [5.41, 5.74) is 2.07. The number of carbonyl (C=O) groups is 1. The Hall–Kier alpha value is -3.65. The topological polar surface area (TPSA) is 87.3 Å². The Morgan fingerprint density at radius 3 is 2.64 bits per heavy atom. The molecule has 0 radical (unpaired) electrons. The van der Waals surface area contributed by atoms with Gasteiger partial charge in [0.1, 0.15) is 29.8 Å². The van der Waals surface area contributed by atoms with Crippen LogP contribution in [0.5, 0.6) is 11.5 Å². The van der Waals surface area contributed by atoms with Crippen LogP contribution in [0.15, 0.2) is 76.9 Å². The molecule has 2 aliphatic rings. The van der Waals surface area contributed by atoms with Crippen molar-refractivity contribution in [2.45, 2.75) is 19.8 Å². The number of amides is 1. The van der Waals surface area contributed by atoms with Crippen LogP contribution >= 0.6 is 11.8 Å². The van der Waals surface area contributed by atoms with Crippen molar-refractivity contribution in [3.63, 3.8) is 0 Å². The molecule has 0 bridgehead atoms. The number of nitrogens with one attached hydrogen (secondary N) is 1. The van der Waals surface area contributed by atoms with Crippen LogP contribution < -0.4 is 9.47 Å². The van der Waals surface area contributed by atoms with Crippen molar-refractivity contribution in [3.05, 3.63) is 77.9 Å². The van der Waals surface area contributed by atoms with Gasteiger partial charge in [-0.15, -0.1) is 6.58 Å². The number of nitrogens with zero attached hydrogens (tertiary/aromatic N) is 3. The molecule has 0 aliphatic carbocycles. The molecular weight excluding hydrogens is 436 g/mol. The van der Waals surface area contributed by atoms with Crippen molar-refractivity contribution in [2.24, 2.45) is 10.1 Å². The number of ether oxygens (including phenoxy) is 2. The molecule has 168 valence electrons. The van der Waals surface area contributed by atoms with Crippen LogP contribution in [0.2, 0.25) is 0 Å². The number of aliphatic imine (C=N–C) groups is 1. The SMILES string of the molecule is C=CCc1ccccc1OCCOc1ccc(C=C2C(=N)N3N=C(CC)SC3=NC2=O)cc1. The van der Waals surface area contributed by atoms with Gasteiger partial charge in [0.2, 0.25) is 5.17 Å². The summed E-state index contributed by atoms with van der Waals surface area (Å²) in [6.07, 6.45) is 4.99. The summed E-state index contributed by atoms with van der Waals surface area (Å²) >= 11 is 1.33. The van der Waals surface area contributed by atoms with Gasteiger partial charge in [-0.1, -0.05) is 43.3 Å². The van der Waals surface area contributed by atoms with Crippen molar-refractivity contribution in [3.8, 4) is 11.5 Å². The van der Waals surface area contributed by atoms with Crippen LogP contribution in [-0.4, -0.2) is 40.2 Å². The molecule has 2 aromatic carbocycles. The molecule has 0 saturated heterocycles. The lowest BCUT2D eigenvalue weighted by Crippen LogP contribution is -2.35. The summed E-state index contributed by atoms with van der Waals surface area (Å²) in [5.74, 6) is 1.13. The highest BCUT2D eigenvalue weighted by atomic mass is 32.2. The Bertz CT molecular complexity index is 1170. The molecule has 2 heterocycles. The molecule has 8 heteroatoms. The lowest BCUT2D eigenvalue weighted by Gasteiger charge is -2.20. The molecule has 2 aromatic rings. The second-order valence-electron chi connectivity index (χ2n) is 7.23. The van der Waals surface area contributed by atoms with E-state index in [1.807, 2.05) is 61.5 Å². The molecule has 1 N–H and O–H groups in total. The minimum Gasteiger partial charge on any atom is -0.490 e. The van der Waals surface area contributed by atoms with E-state index < -0.39 is 5.91 Å². The first-order valence-electron chi connectivity index (χ1n) is 10.6. The van der Waals surface area contributed by atoms with Gasteiger partial charge in [0, 0.05) is 0 Å². The van der Waals surface area contributed by atoms with Gasteiger partial charge in [-0.05, 0) is 60.0 Å². The lowest BCUT2D eigenvalue weighted by atomic mass is 10.1. The van der Waals surface area contributed by atoms with Crippen LogP contribution in [-0.2, 0) is 11.2 Å². The van der Waals surface area contributed by atoms with Crippen LogP contribution in [0.3, 0.4) is 0 Å². The lowest BCUT2D eigenvalue weighted by molar-refractivity contribution is -0.114. The molecule has 0 aromatic heterocycles.